The van der Waals surface area contributed by atoms with Crippen molar-refractivity contribution in [2.75, 3.05) is 18.4 Å². The molecule has 21 heavy (non-hydrogen) atoms. The Kier molecular flexibility index (Phi) is 6.60. The number of carbonyl (C=O) groups excluding carboxylic acids is 1. The molecule has 0 unspecified atom stereocenters. The highest BCUT2D eigenvalue weighted by atomic mass is 35.5. The molecule has 1 aliphatic heterocycles. The summed E-state index contributed by atoms with van der Waals surface area (Å²) in [7, 11) is -3.53. The number of rotatable bonds is 4. The summed E-state index contributed by atoms with van der Waals surface area (Å²) >= 11 is 0. The van der Waals surface area contributed by atoms with Crippen LogP contribution in [-0.4, -0.2) is 27.4 Å². The summed E-state index contributed by atoms with van der Waals surface area (Å²) in [6.45, 7) is 1.67. The third kappa shape index (κ3) is 6.01. The van der Waals surface area contributed by atoms with Gasteiger partial charge in [-0.1, -0.05) is 12.1 Å². The minimum atomic E-state index is -3.53. The molecular weight excluding hydrogens is 314 g/mol. The quantitative estimate of drug-likeness (QED) is 0.759. The van der Waals surface area contributed by atoms with E-state index < -0.39 is 10.0 Å². The summed E-state index contributed by atoms with van der Waals surface area (Å²) in [6.07, 6.45) is 1.90. The number of benzene rings is 1. The monoisotopic (exact) mass is 333 g/mol. The van der Waals surface area contributed by atoms with Crippen molar-refractivity contribution < 1.29 is 13.2 Å². The molecule has 6 nitrogen and oxygen atoms in total. The van der Waals surface area contributed by atoms with Gasteiger partial charge >= 0.3 is 0 Å². The first-order chi connectivity index (χ1) is 9.44. The Hall–Kier alpha value is -1.15. The fraction of sp³-hybridized carbons (Fsp3) is 0.462. The van der Waals surface area contributed by atoms with Crippen LogP contribution in [0.3, 0.4) is 0 Å². The lowest BCUT2D eigenvalue weighted by Crippen LogP contribution is -2.37. The van der Waals surface area contributed by atoms with Crippen LogP contribution in [0.15, 0.2) is 24.3 Å². The molecule has 118 valence electrons. The van der Waals surface area contributed by atoms with E-state index in [1.54, 1.807) is 24.3 Å². The lowest BCUT2D eigenvalue weighted by molar-refractivity contribution is -0.120. The number of nitrogens with one attached hydrogen (secondary N) is 2. The highest BCUT2D eigenvalue weighted by Crippen LogP contribution is 2.15. The van der Waals surface area contributed by atoms with Crippen LogP contribution in [-0.2, 0) is 20.6 Å². The third-order valence-corrected chi connectivity index (χ3v) is 3.99. The number of nitrogens with two attached hydrogens (primary N) is 1. The number of sulfonamides is 1. The molecule has 0 bridgehead atoms. The van der Waals surface area contributed by atoms with Crippen molar-refractivity contribution in [3.05, 3.63) is 29.8 Å². The zero-order chi connectivity index (χ0) is 14.6. The van der Waals surface area contributed by atoms with Gasteiger partial charge in [-0.15, -0.1) is 12.4 Å². The molecule has 0 saturated carbocycles. The first-order valence-corrected chi connectivity index (χ1v) is 8.26. The number of carbonyl (C=O) groups is 1. The van der Waals surface area contributed by atoms with Crippen LogP contribution in [0.4, 0.5) is 5.69 Å². The summed E-state index contributed by atoms with van der Waals surface area (Å²) in [5.41, 5.74) is 1.27. The van der Waals surface area contributed by atoms with Gasteiger partial charge in [0.1, 0.15) is 0 Å². The Bertz CT molecular complexity index is 569. The van der Waals surface area contributed by atoms with Crippen molar-refractivity contribution in [2.45, 2.75) is 18.6 Å². The van der Waals surface area contributed by atoms with Gasteiger partial charge in [0.15, 0.2) is 0 Å². The molecule has 1 saturated heterocycles. The van der Waals surface area contributed by atoms with E-state index in [0.29, 0.717) is 17.8 Å². The maximum Gasteiger partial charge on any atom is 0.228 e. The highest BCUT2D eigenvalue weighted by molar-refractivity contribution is 7.88. The van der Waals surface area contributed by atoms with Gasteiger partial charge in [-0.2, -0.15) is 0 Å². The number of hydrogen-bond donors (Lipinski definition) is 3. The molecule has 0 radical (unpaired) electrons. The maximum atomic E-state index is 12.0. The Balaban J connectivity index is 0.00000220. The summed E-state index contributed by atoms with van der Waals surface area (Å²) < 4.78 is 21.9. The summed E-state index contributed by atoms with van der Waals surface area (Å²) in [4.78, 5) is 12.0. The standard InChI is InChI=1S/C13H19N3O3S.ClH/c14-20(18,19)9-10-3-5-12(6-4-10)16-13(17)11-2-1-7-15-8-11;/h3-6,11,15H,1-2,7-9H2,(H,16,17)(H2,14,18,19);1H/t11-;/m1./s1. The molecule has 4 N–H and O–H groups in total. The van der Waals surface area contributed by atoms with Gasteiger partial charge in [-0.3, -0.25) is 4.79 Å². The predicted molar refractivity (Wildman–Crippen MR) is 84.7 cm³/mol. The van der Waals surface area contributed by atoms with E-state index in [2.05, 4.69) is 10.6 Å². The number of hydrogen-bond acceptors (Lipinski definition) is 4. The average molecular weight is 334 g/mol. The topological polar surface area (TPSA) is 101 Å². The van der Waals surface area contributed by atoms with E-state index >= 15 is 0 Å². The largest absolute Gasteiger partial charge is 0.326 e. The van der Waals surface area contributed by atoms with Crippen molar-refractivity contribution >= 4 is 34.0 Å². The molecule has 2 rings (SSSR count). The second-order valence-corrected chi connectivity index (χ2v) is 6.65. The van der Waals surface area contributed by atoms with E-state index in [0.717, 1.165) is 19.4 Å². The molecule has 0 spiro atoms. The highest BCUT2D eigenvalue weighted by Gasteiger charge is 2.20. The zero-order valence-electron chi connectivity index (χ0n) is 11.5. The van der Waals surface area contributed by atoms with Crippen LogP contribution >= 0.6 is 12.4 Å². The van der Waals surface area contributed by atoms with E-state index in [-0.39, 0.29) is 30.0 Å². The SMILES string of the molecule is Cl.NS(=O)(=O)Cc1ccc(NC(=O)[C@@H]2CCCNC2)cc1. The zero-order valence-corrected chi connectivity index (χ0v) is 13.2. The molecule has 0 aliphatic carbocycles. The normalized spacial score (nSPS) is 18.6. The van der Waals surface area contributed by atoms with Gasteiger partial charge < -0.3 is 10.6 Å². The molecular formula is C13H20ClN3O3S. The number of halogens is 1. The second-order valence-electron chi connectivity index (χ2n) is 5.04. The fourth-order valence-electron chi connectivity index (χ4n) is 2.24. The van der Waals surface area contributed by atoms with Crippen LogP contribution in [0, 0.1) is 5.92 Å². The van der Waals surface area contributed by atoms with Gasteiger partial charge in [0, 0.05) is 12.2 Å². The molecule has 1 aromatic rings. The van der Waals surface area contributed by atoms with Gasteiger partial charge in [-0.05, 0) is 37.1 Å². The van der Waals surface area contributed by atoms with Crippen molar-refractivity contribution in [1.29, 1.82) is 0 Å². The Morgan fingerprint density at radius 1 is 1.33 bits per heavy atom. The Morgan fingerprint density at radius 3 is 2.52 bits per heavy atom. The Labute approximate surface area is 130 Å². The molecule has 1 heterocycles. The molecule has 1 aliphatic rings. The lowest BCUT2D eigenvalue weighted by atomic mass is 9.99. The van der Waals surface area contributed by atoms with Gasteiger partial charge in [0.05, 0.1) is 11.7 Å². The van der Waals surface area contributed by atoms with E-state index in [1.165, 1.54) is 0 Å². The maximum absolute atomic E-state index is 12.0. The summed E-state index contributed by atoms with van der Waals surface area (Å²) in [6, 6.07) is 6.68. The summed E-state index contributed by atoms with van der Waals surface area (Å²) in [5.74, 6) is -0.211. The summed E-state index contributed by atoms with van der Waals surface area (Å²) in [5, 5.41) is 11.0. The van der Waals surface area contributed by atoms with Crippen molar-refractivity contribution in [3.63, 3.8) is 0 Å². The third-order valence-electron chi connectivity index (χ3n) is 3.26. The van der Waals surface area contributed by atoms with E-state index in [4.69, 9.17) is 5.14 Å². The van der Waals surface area contributed by atoms with Crippen LogP contribution in [0.2, 0.25) is 0 Å². The minimum Gasteiger partial charge on any atom is -0.326 e. The Morgan fingerprint density at radius 2 is 2.00 bits per heavy atom. The van der Waals surface area contributed by atoms with E-state index in [1.807, 2.05) is 0 Å². The number of primary sulfonamides is 1. The van der Waals surface area contributed by atoms with Gasteiger partial charge in [0.2, 0.25) is 15.9 Å². The van der Waals surface area contributed by atoms with Crippen LogP contribution < -0.4 is 15.8 Å². The molecule has 1 fully saturated rings. The minimum absolute atomic E-state index is 0. The lowest BCUT2D eigenvalue weighted by Gasteiger charge is -2.21. The molecule has 1 atom stereocenters. The predicted octanol–water partition coefficient (Wildman–Crippen LogP) is 0.835. The van der Waals surface area contributed by atoms with Crippen LogP contribution in [0.5, 0.6) is 0 Å². The van der Waals surface area contributed by atoms with E-state index in [9.17, 15) is 13.2 Å². The smallest absolute Gasteiger partial charge is 0.228 e. The first-order valence-electron chi connectivity index (χ1n) is 6.55. The number of amides is 1. The number of piperidine rings is 1. The number of anilines is 1. The van der Waals surface area contributed by atoms with Crippen molar-refractivity contribution in [3.8, 4) is 0 Å². The molecule has 1 amide bonds. The van der Waals surface area contributed by atoms with Crippen LogP contribution in [0.25, 0.3) is 0 Å². The average Bonchev–Trinajstić information content (AvgIpc) is 2.40. The second kappa shape index (κ2) is 7.74. The van der Waals surface area contributed by atoms with Gasteiger partial charge in [0.25, 0.3) is 0 Å². The van der Waals surface area contributed by atoms with Gasteiger partial charge in [-0.25, -0.2) is 13.6 Å². The van der Waals surface area contributed by atoms with Crippen LogP contribution in [0.1, 0.15) is 18.4 Å². The molecule has 0 aromatic heterocycles. The molecule has 8 heteroatoms. The molecule has 1 aromatic carbocycles. The van der Waals surface area contributed by atoms with Crippen molar-refractivity contribution in [2.24, 2.45) is 11.1 Å². The fourth-order valence-corrected chi connectivity index (χ4v) is 2.89. The first kappa shape index (κ1) is 17.9. The van der Waals surface area contributed by atoms with Crippen molar-refractivity contribution in [1.82, 2.24) is 5.32 Å².